The molecule has 0 fully saturated rings. The van der Waals surface area contributed by atoms with E-state index in [1.54, 1.807) is 0 Å². The highest BCUT2D eigenvalue weighted by Crippen LogP contribution is 2.25. The number of amides is 1. The Labute approximate surface area is 112 Å². The minimum atomic E-state index is -0.841. The number of hydrogen-bond donors (Lipinski definition) is 1. The van der Waals surface area contributed by atoms with E-state index in [0.717, 1.165) is 12.8 Å². The maximum atomic E-state index is 12.1. The minimum Gasteiger partial charge on any atom is -0.352 e. The summed E-state index contributed by atoms with van der Waals surface area (Å²) in [5, 5.41) is 12.2. The van der Waals surface area contributed by atoms with Gasteiger partial charge in [0.05, 0.1) is 6.07 Å². The predicted molar refractivity (Wildman–Crippen MR) is 74.9 cm³/mol. The van der Waals surface area contributed by atoms with Crippen molar-refractivity contribution in [3.8, 4) is 6.07 Å². The molecular formula is C15H28N2O. The Morgan fingerprint density at radius 1 is 1.22 bits per heavy atom. The van der Waals surface area contributed by atoms with E-state index in [4.69, 9.17) is 0 Å². The van der Waals surface area contributed by atoms with Crippen LogP contribution >= 0.6 is 0 Å². The van der Waals surface area contributed by atoms with Crippen molar-refractivity contribution in [3.05, 3.63) is 0 Å². The van der Waals surface area contributed by atoms with E-state index < -0.39 is 5.41 Å². The Bertz CT molecular complexity index is 287. The van der Waals surface area contributed by atoms with Gasteiger partial charge < -0.3 is 5.32 Å². The highest BCUT2D eigenvalue weighted by molar-refractivity contribution is 5.85. The predicted octanol–water partition coefficient (Wildman–Crippen LogP) is 3.65. The molecule has 0 spiro atoms. The summed E-state index contributed by atoms with van der Waals surface area (Å²) in [6, 6.07) is 2.34. The monoisotopic (exact) mass is 252 g/mol. The molecule has 0 heterocycles. The summed E-state index contributed by atoms with van der Waals surface area (Å²) in [6.45, 7) is 10.2. The van der Waals surface area contributed by atoms with Crippen LogP contribution in [0, 0.1) is 22.7 Å². The number of nitriles is 1. The number of rotatable bonds is 8. The first-order valence-electron chi connectivity index (χ1n) is 7.14. The van der Waals surface area contributed by atoms with E-state index in [-0.39, 0.29) is 11.9 Å². The lowest BCUT2D eigenvalue weighted by molar-refractivity contribution is -0.129. The summed E-state index contributed by atoms with van der Waals surface area (Å²) in [5.74, 6) is 0.601. The van der Waals surface area contributed by atoms with Crippen molar-refractivity contribution in [3.63, 3.8) is 0 Å². The van der Waals surface area contributed by atoms with Gasteiger partial charge in [-0.3, -0.25) is 4.79 Å². The van der Waals surface area contributed by atoms with Gasteiger partial charge in [-0.05, 0) is 32.1 Å². The van der Waals surface area contributed by atoms with Crippen LogP contribution in [-0.4, -0.2) is 11.9 Å². The molecule has 3 heteroatoms. The zero-order valence-electron chi connectivity index (χ0n) is 12.5. The van der Waals surface area contributed by atoms with E-state index in [9.17, 15) is 10.1 Å². The average molecular weight is 252 g/mol. The van der Waals surface area contributed by atoms with E-state index in [1.807, 2.05) is 20.8 Å². The zero-order valence-corrected chi connectivity index (χ0v) is 12.5. The first kappa shape index (κ1) is 17.0. The number of nitrogens with one attached hydrogen (secondary N) is 1. The molecule has 0 rings (SSSR count). The Hall–Kier alpha value is -1.04. The second kappa shape index (κ2) is 8.13. The summed E-state index contributed by atoms with van der Waals surface area (Å²) in [6.07, 6.45) is 4.44. The van der Waals surface area contributed by atoms with Gasteiger partial charge in [-0.1, -0.05) is 40.5 Å². The van der Waals surface area contributed by atoms with Gasteiger partial charge in [-0.2, -0.15) is 5.26 Å². The van der Waals surface area contributed by atoms with E-state index in [1.165, 1.54) is 6.42 Å². The molecule has 1 N–H and O–H groups in total. The van der Waals surface area contributed by atoms with Crippen LogP contribution in [0.5, 0.6) is 0 Å². The van der Waals surface area contributed by atoms with E-state index in [2.05, 4.69) is 25.2 Å². The quantitative estimate of drug-likeness (QED) is 0.717. The number of nitrogens with zero attached hydrogens (tertiary/aromatic N) is 1. The standard InChI is InChI=1S/C15H28N2O/c1-6-15(7-2,11-16)14(18)17-13(5)10-8-9-12(3)4/h12-13H,6-10H2,1-5H3,(H,17,18). The van der Waals surface area contributed by atoms with Crippen LogP contribution in [0.1, 0.15) is 66.7 Å². The molecular weight excluding hydrogens is 224 g/mol. The number of carbonyl (C=O) groups is 1. The highest BCUT2D eigenvalue weighted by Gasteiger charge is 2.35. The third-order valence-electron chi connectivity index (χ3n) is 3.65. The molecule has 0 aliphatic heterocycles. The number of hydrogen-bond acceptors (Lipinski definition) is 2. The topological polar surface area (TPSA) is 52.9 Å². The second-order valence-corrected chi connectivity index (χ2v) is 5.60. The SMILES string of the molecule is CCC(C#N)(CC)C(=O)NC(C)CCCC(C)C. The van der Waals surface area contributed by atoms with Crippen LogP contribution < -0.4 is 5.32 Å². The minimum absolute atomic E-state index is 0.105. The van der Waals surface area contributed by atoms with E-state index >= 15 is 0 Å². The first-order chi connectivity index (χ1) is 8.41. The van der Waals surface area contributed by atoms with Gasteiger partial charge in [0, 0.05) is 6.04 Å². The Morgan fingerprint density at radius 3 is 2.17 bits per heavy atom. The van der Waals surface area contributed by atoms with Gasteiger partial charge in [0.15, 0.2) is 0 Å². The molecule has 104 valence electrons. The van der Waals surface area contributed by atoms with Gasteiger partial charge in [0.25, 0.3) is 0 Å². The maximum absolute atomic E-state index is 12.1. The fraction of sp³-hybridized carbons (Fsp3) is 0.867. The normalized spacial score (nSPS) is 13.2. The van der Waals surface area contributed by atoms with Crippen LogP contribution in [0.3, 0.4) is 0 Å². The van der Waals surface area contributed by atoms with Crippen molar-refractivity contribution >= 4 is 5.91 Å². The van der Waals surface area contributed by atoms with Crippen molar-refractivity contribution in [2.75, 3.05) is 0 Å². The van der Waals surface area contributed by atoms with Crippen molar-refractivity contribution in [1.29, 1.82) is 5.26 Å². The summed E-state index contributed by atoms with van der Waals surface area (Å²) in [4.78, 5) is 12.1. The fourth-order valence-corrected chi connectivity index (χ4v) is 2.05. The molecule has 0 radical (unpaired) electrons. The molecule has 0 aromatic heterocycles. The first-order valence-corrected chi connectivity index (χ1v) is 7.14. The van der Waals surface area contributed by atoms with Gasteiger partial charge in [0.1, 0.15) is 5.41 Å². The molecule has 3 nitrogen and oxygen atoms in total. The van der Waals surface area contributed by atoms with Gasteiger partial charge >= 0.3 is 0 Å². The van der Waals surface area contributed by atoms with Crippen LogP contribution in [0.4, 0.5) is 0 Å². The molecule has 0 aliphatic rings. The molecule has 1 atom stereocenters. The fourth-order valence-electron chi connectivity index (χ4n) is 2.05. The summed E-state index contributed by atoms with van der Waals surface area (Å²) in [5.41, 5.74) is -0.841. The summed E-state index contributed by atoms with van der Waals surface area (Å²) in [7, 11) is 0. The Morgan fingerprint density at radius 2 is 1.78 bits per heavy atom. The lowest BCUT2D eigenvalue weighted by atomic mass is 9.83. The lowest BCUT2D eigenvalue weighted by Crippen LogP contribution is -2.43. The third-order valence-corrected chi connectivity index (χ3v) is 3.65. The maximum Gasteiger partial charge on any atom is 0.240 e. The second-order valence-electron chi connectivity index (χ2n) is 5.60. The smallest absolute Gasteiger partial charge is 0.240 e. The molecule has 0 saturated heterocycles. The molecule has 1 unspecified atom stereocenters. The number of carbonyl (C=O) groups excluding carboxylic acids is 1. The van der Waals surface area contributed by atoms with Crippen molar-refractivity contribution in [1.82, 2.24) is 5.32 Å². The Kier molecular flexibility index (Phi) is 7.66. The average Bonchev–Trinajstić information content (AvgIpc) is 2.31. The van der Waals surface area contributed by atoms with Crippen LogP contribution in [0.25, 0.3) is 0 Å². The molecule has 0 saturated carbocycles. The molecule has 18 heavy (non-hydrogen) atoms. The summed E-state index contributed by atoms with van der Waals surface area (Å²) >= 11 is 0. The van der Waals surface area contributed by atoms with Crippen molar-refractivity contribution in [2.24, 2.45) is 11.3 Å². The Balaban J connectivity index is 4.26. The lowest BCUT2D eigenvalue weighted by Gasteiger charge is -2.25. The van der Waals surface area contributed by atoms with Crippen molar-refractivity contribution < 1.29 is 4.79 Å². The molecule has 1 amide bonds. The zero-order chi connectivity index (χ0) is 14.2. The molecule has 0 aromatic carbocycles. The third kappa shape index (κ3) is 5.08. The highest BCUT2D eigenvalue weighted by atomic mass is 16.2. The summed E-state index contributed by atoms with van der Waals surface area (Å²) < 4.78 is 0. The van der Waals surface area contributed by atoms with Gasteiger partial charge in [-0.25, -0.2) is 0 Å². The van der Waals surface area contributed by atoms with Gasteiger partial charge in [-0.15, -0.1) is 0 Å². The van der Waals surface area contributed by atoms with Crippen LogP contribution in [-0.2, 0) is 4.79 Å². The van der Waals surface area contributed by atoms with Gasteiger partial charge in [0.2, 0.25) is 5.91 Å². The van der Waals surface area contributed by atoms with Crippen molar-refractivity contribution in [2.45, 2.75) is 72.8 Å². The largest absolute Gasteiger partial charge is 0.352 e. The van der Waals surface area contributed by atoms with E-state index in [0.29, 0.717) is 18.8 Å². The molecule has 0 aromatic rings. The molecule has 0 bridgehead atoms. The van der Waals surface area contributed by atoms with Crippen LogP contribution in [0.2, 0.25) is 0 Å². The molecule has 0 aliphatic carbocycles. The van der Waals surface area contributed by atoms with Crippen LogP contribution in [0.15, 0.2) is 0 Å².